The minimum Gasteiger partial charge on any atom is -0.457 e. The van der Waals surface area contributed by atoms with Crippen molar-refractivity contribution in [3.05, 3.63) is 90.2 Å². The van der Waals surface area contributed by atoms with E-state index in [0.717, 1.165) is 19.3 Å². The topological polar surface area (TPSA) is 67.9 Å². The van der Waals surface area contributed by atoms with Gasteiger partial charge in [-0.25, -0.2) is 4.39 Å². The predicted molar refractivity (Wildman–Crippen MR) is 141 cm³/mol. The molecule has 6 nitrogen and oxygen atoms in total. The lowest BCUT2D eigenvalue weighted by Gasteiger charge is -2.24. The molecule has 2 atom stereocenters. The van der Waals surface area contributed by atoms with Crippen LogP contribution in [0.15, 0.2) is 78.9 Å². The summed E-state index contributed by atoms with van der Waals surface area (Å²) < 4.78 is 24.4. The quantitative estimate of drug-likeness (QED) is 0.334. The van der Waals surface area contributed by atoms with E-state index < -0.39 is 6.04 Å². The van der Waals surface area contributed by atoms with Crippen LogP contribution in [-0.2, 0) is 20.7 Å². The number of hydrogen-bond acceptors (Lipinski definition) is 4. The van der Waals surface area contributed by atoms with Gasteiger partial charge in [0.05, 0.1) is 0 Å². The second kappa shape index (κ2) is 13.0. The van der Waals surface area contributed by atoms with Gasteiger partial charge in [0.25, 0.3) is 0 Å². The molecule has 1 saturated heterocycles. The molecular weight excluding hydrogens is 471 g/mol. The minimum absolute atomic E-state index is 0.0166. The van der Waals surface area contributed by atoms with Crippen molar-refractivity contribution in [2.45, 2.75) is 38.6 Å². The van der Waals surface area contributed by atoms with Crippen LogP contribution in [0.5, 0.6) is 11.5 Å². The van der Waals surface area contributed by atoms with Gasteiger partial charge < -0.3 is 19.7 Å². The van der Waals surface area contributed by atoms with Crippen LogP contribution >= 0.6 is 0 Å². The maximum Gasteiger partial charge on any atom is 0.249 e. The second-order valence-corrected chi connectivity index (χ2v) is 9.33. The van der Waals surface area contributed by atoms with Crippen LogP contribution in [0.2, 0.25) is 0 Å². The van der Waals surface area contributed by atoms with E-state index >= 15 is 0 Å². The molecule has 1 aliphatic heterocycles. The van der Waals surface area contributed by atoms with Crippen molar-refractivity contribution >= 4 is 17.5 Å². The molecule has 0 bridgehead atoms. The molecule has 3 aromatic carbocycles. The molecule has 0 saturated carbocycles. The molecule has 0 aromatic heterocycles. The summed E-state index contributed by atoms with van der Waals surface area (Å²) in [6.45, 7) is 3.11. The highest BCUT2D eigenvalue weighted by atomic mass is 19.1. The van der Waals surface area contributed by atoms with Crippen molar-refractivity contribution in [1.82, 2.24) is 4.90 Å². The van der Waals surface area contributed by atoms with Crippen molar-refractivity contribution in [1.29, 1.82) is 0 Å². The Bertz CT molecular complexity index is 1150. The van der Waals surface area contributed by atoms with Crippen LogP contribution < -0.4 is 10.1 Å². The normalized spacial score (nSPS) is 17.0. The fourth-order valence-corrected chi connectivity index (χ4v) is 4.50. The molecule has 0 spiro atoms. The Morgan fingerprint density at radius 2 is 1.65 bits per heavy atom. The van der Waals surface area contributed by atoms with E-state index in [0.29, 0.717) is 36.8 Å². The van der Waals surface area contributed by atoms with Gasteiger partial charge in [-0.2, -0.15) is 0 Å². The highest BCUT2D eigenvalue weighted by molar-refractivity contribution is 5.97. The zero-order valence-electron chi connectivity index (χ0n) is 21.1. The number of hydrogen-bond donors (Lipinski definition) is 1. The number of nitrogens with one attached hydrogen (secondary N) is 1. The van der Waals surface area contributed by atoms with Crippen molar-refractivity contribution < 1.29 is 23.5 Å². The van der Waals surface area contributed by atoms with Crippen LogP contribution in [0.3, 0.4) is 0 Å². The largest absolute Gasteiger partial charge is 0.457 e. The van der Waals surface area contributed by atoms with Crippen LogP contribution in [0.25, 0.3) is 0 Å². The van der Waals surface area contributed by atoms with Gasteiger partial charge in [0.1, 0.15) is 30.0 Å². The average Bonchev–Trinajstić information content (AvgIpc) is 3.33. The van der Waals surface area contributed by atoms with Gasteiger partial charge in [0, 0.05) is 18.8 Å². The number of rotatable bonds is 11. The number of ether oxygens (including phenoxy) is 2. The Labute approximate surface area is 217 Å². The number of anilines is 1. The first-order valence-electron chi connectivity index (χ1n) is 12.8. The van der Waals surface area contributed by atoms with Crippen molar-refractivity contribution in [2.24, 2.45) is 5.92 Å². The maximum atomic E-state index is 13.3. The molecule has 4 rings (SSSR count). The number of carbonyl (C=O) groups is 2. The first-order chi connectivity index (χ1) is 18.0. The number of carbonyl (C=O) groups excluding carboxylic acids is 2. The van der Waals surface area contributed by atoms with E-state index in [-0.39, 0.29) is 30.2 Å². The molecule has 1 aliphatic rings. The van der Waals surface area contributed by atoms with Gasteiger partial charge >= 0.3 is 0 Å². The minimum atomic E-state index is -0.564. The summed E-state index contributed by atoms with van der Waals surface area (Å²) >= 11 is 0. The molecule has 7 heteroatoms. The van der Waals surface area contributed by atoms with Gasteiger partial charge in [0.2, 0.25) is 11.8 Å². The molecule has 37 heavy (non-hydrogen) atoms. The molecule has 194 valence electrons. The van der Waals surface area contributed by atoms with E-state index in [1.54, 1.807) is 41.3 Å². The van der Waals surface area contributed by atoms with Gasteiger partial charge in [-0.15, -0.1) is 0 Å². The molecule has 1 heterocycles. The highest BCUT2D eigenvalue weighted by Crippen LogP contribution is 2.29. The zero-order valence-corrected chi connectivity index (χ0v) is 21.1. The Kier molecular flexibility index (Phi) is 9.27. The fraction of sp³-hybridized carbons (Fsp3) is 0.333. The smallest absolute Gasteiger partial charge is 0.249 e. The molecule has 1 fully saturated rings. The van der Waals surface area contributed by atoms with E-state index in [1.165, 1.54) is 17.7 Å². The third-order valence-corrected chi connectivity index (χ3v) is 6.42. The summed E-state index contributed by atoms with van der Waals surface area (Å²) in [6, 6.07) is 22.3. The maximum absolute atomic E-state index is 13.3. The monoisotopic (exact) mass is 504 g/mol. The summed E-state index contributed by atoms with van der Waals surface area (Å²) in [7, 11) is 0. The van der Waals surface area contributed by atoms with Crippen molar-refractivity contribution in [2.75, 3.05) is 25.1 Å². The summed E-state index contributed by atoms with van der Waals surface area (Å²) in [6.07, 6.45) is 3.29. The number of benzene rings is 3. The fourth-order valence-electron chi connectivity index (χ4n) is 4.50. The Balaban J connectivity index is 1.39. The van der Waals surface area contributed by atoms with E-state index in [9.17, 15) is 14.0 Å². The zero-order chi connectivity index (χ0) is 26.0. The summed E-state index contributed by atoms with van der Waals surface area (Å²) in [4.78, 5) is 28.0. The molecule has 1 N–H and O–H groups in total. The van der Waals surface area contributed by atoms with Crippen LogP contribution in [-0.4, -0.2) is 42.5 Å². The average molecular weight is 505 g/mol. The summed E-state index contributed by atoms with van der Waals surface area (Å²) in [5, 5.41) is 2.95. The number of halogens is 1. The lowest BCUT2D eigenvalue weighted by atomic mass is 9.96. The van der Waals surface area contributed by atoms with Crippen molar-refractivity contribution in [3.8, 4) is 11.5 Å². The first kappa shape index (κ1) is 26.4. The second-order valence-electron chi connectivity index (χ2n) is 9.33. The number of likely N-dealkylation sites (tertiary alicyclic amines) is 1. The van der Waals surface area contributed by atoms with Gasteiger partial charge in [0.15, 0.2) is 0 Å². The Hall–Kier alpha value is -3.71. The molecule has 0 unspecified atom stereocenters. The van der Waals surface area contributed by atoms with E-state index in [2.05, 4.69) is 24.4 Å². The third-order valence-electron chi connectivity index (χ3n) is 6.42. The third kappa shape index (κ3) is 7.64. The highest BCUT2D eigenvalue weighted by Gasteiger charge is 2.39. The van der Waals surface area contributed by atoms with Gasteiger partial charge in [-0.1, -0.05) is 43.7 Å². The lowest BCUT2D eigenvalue weighted by molar-refractivity contribution is -0.140. The Morgan fingerprint density at radius 1 is 0.973 bits per heavy atom. The SMILES string of the molecule is CCCCOCC(=O)N1C[C@H](Cc2ccccc2)C[C@H]1C(=O)Nc1ccc(Oc2ccc(F)cc2)cc1. The van der Waals surface area contributed by atoms with E-state index in [1.807, 2.05) is 18.2 Å². The van der Waals surface area contributed by atoms with Crippen LogP contribution in [0.4, 0.5) is 10.1 Å². The van der Waals surface area contributed by atoms with Gasteiger partial charge in [-0.3, -0.25) is 9.59 Å². The van der Waals surface area contributed by atoms with Crippen LogP contribution in [0, 0.1) is 11.7 Å². The molecule has 2 amide bonds. The molecular formula is C30H33FN2O4. The van der Waals surface area contributed by atoms with Gasteiger partial charge in [-0.05, 0) is 79.3 Å². The molecule has 0 radical (unpaired) electrons. The summed E-state index contributed by atoms with van der Waals surface area (Å²) in [5.74, 6) is 0.561. The first-order valence-corrected chi connectivity index (χ1v) is 12.8. The number of amides is 2. The molecule has 0 aliphatic carbocycles. The predicted octanol–water partition coefficient (Wildman–Crippen LogP) is 5.83. The standard InChI is InChI=1S/C30H33FN2O4/c1-2-3-17-36-21-29(34)33-20-23(18-22-7-5-4-6-8-22)19-28(33)30(35)32-25-11-15-27(16-12-25)37-26-13-9-24(31)10-14-26/h4-16,23,28H,2-3,17-21H2,1H3,(H,32,35)/t23-,28+/m1/s1. The lowest BCUT2D eigenvalue weighted by Crippen LogP contribution is -2.44. The van der Waals surface area contributed by atoms with Crippen LogP contribution in [0.1, 0.15) is 31.7 Å². The number of nitrogens with zero attached hydrogens (tertiary/aromatic N) is 1. The number of unbranched alkanes of at least 4 members (excludes halogenated alkanes) is 1. The summed E-state index contributed by atoms with van der Waals surface area (Å²) in [5.41, 5.74) is 1.80. The molecule has 3 aromatic rings. The van der Waals surface area contributed by atoms with Crippen molar-refractivity contribution in [3.63, 3.8) is 0 Å². The van der Waals surface area contributed by atoms with E-state index in [4.69, 9.17) is 9.47 Å². The Morgan fingerprint density at radius 3 is 2.32 bits per heavy atom.